The van der Waals surface area contributed by atoms with Crippen molar-refractivity contribution in [1.82, 2.24) is 0 Å². The molecule has 0 aromatic heterocycles. The van der Waals surface area contributed by atoms with Gasteiger partial charge in [0.05, 0.1) is 0 Å². The molecule has 0 spiro atoms. The Morgan fingerprint density at radius 2 is 1.75 bits per heavy atom. The molecule has 5 heteroatoms. The maximum Gasteiger partial charge on any atom is 0.255 e. The number of carbonyl (C=O) groups is 2. The molecule has 0 aliphatic heterocycles. The second kappa shape index (κ2) is 6.25. The predicted octanol–water partition coefficient (Wildman–Crippen LogP) is 2.76. The highest BCUT2D eigenvalue weighted by Gasteiger charge is 2.07. The Labute approximate surface area is 121 Å². The van der Waals surface area contributed by atoms with E-state index in [2.05, 4.69) is 5.32 Å². The minimum Gasteiger partial charge on any atom is -0.366 e. The molecule has 0 unspecified atom stereocenters. The number of benzene rings is 2. The van der Waals surface area contributed by atoms with Crippen LogP contribution in [-0.2, 0) is 0 Å². The van der Waals surface area contributed by atoms with Crippen molar-refractivity contribution in [1.29, 1.82) is 0 Å². The van der Waals surface area contributed by atoms with Gasteiger partial charge in [0.25, 0.3) is 5.91 Å². The number of rotatable bonds is 4. The van der Waals surface area contributed by atoms with Crippen LogP contribution in [-0.4, -0.2) is 18.1 Å². The normalized spacial score (nSPS) is 10.1. The number of hydrogen-bond donors (Lipinski definition) is 2. The molecule has 20 heavy (non-hydrogen) atoms. The van der Waals surface area contributed by atoms with Crippen molar-refractivity contribution in [3.63, 3.8) is 0 Å². The monoisotopic (exact) mass is 286 g/mol. The smallest absolute Gasteiger partial charge is 0.255 e. The van der Waals surface area contributed by atoms with Gasteiger partial charge in [0.15, 0.2) is 0 Å². The average molecular weight is 286 g/mol. The number of hydrogen-bond acceptors (Lipinski definition) is 3. The van der Waals surface area contributed by atoms with Crippen LogP contribution in [0, 0.1) is 0 Å². The number of nitrogens with one attached hydrogen (secondary N) is 1. The molecule has 2 amide bonds. The molecule has 0 aliphatic carbocycles. The number of nitrogens with two attached hydrogens (primary N) is 1. The fourth-order valence-electron chi connectivity index (χ4n) is 1.70. The summed E-state index contributed by atoms with van der Waals surface area (Å²) in [5.74, 6) is -0.746. The second-order valence-electron chi connectivity index (χ2n) is 4.13. The van der Waals surface area contributed by atoms with Crippen LogP contribution in [0.5, 0.6) is 0 Å². The Morgan fingerprint density at radius 1 is 1.05 bits per heavy atom. The van der Waals surface area contributed by atoms with E-state index in [1.165, 1.54) is 0 Å². The highest BCUT2D eigenvalue weighted by atomic mass is 32.2. The minimum atomic E-state index is -0.523. The lowest BCUT2D eigenvalue weighted by Crippen LogP contribution is -2.14. The van der Waals surface area contributed by atoms with E-state index in [4.69, 9.17) is 5.73 Å². The molecule has 0 atom stereocenters. The quantitative estimate of drug-likeness (QED) is 0.849. The Kier molecular flexibility index (Phi) is 4.42. The van der Waals surface area contributed by atoms with Gasteiger partial charge in [-0.2, -0.15) is 0 Å². The molecule has 0 aliphatic rings. The van der Waals surface area contributed by atoms with E-state index in [0.717, 1.165) is 4.90 Å². The Hall–Kier alpha value is -2.27. The third-order valence-electron chi connectivity index (χ3n) is 2.76. The molecule has 0 fully saturated rings. The third kappa shape index (κ3) is 3.39. The zero-order valence-corrected chi connectivity index (χ0v) is 11.7. The van der Waals surface area contributed by atoms with Gasteiger partial charge >= 0.3 is 0 Å². The van der Waals surface area contributed by atoms with E-state index in [0.29, 0.717) is 16.8 Å². The van der Waals surface area contributed by atoms with Crippen LogP contribution < -0.4 is 11.1 Å². The van der Waals surface area contributed by atoms with Crippen LogP contribution >= 0.6 is 11.8 Å². The van der Waals surface area contributed by atoms with Gasteiger partial charge in [-0.3, -0.25) is 9.59 Å². The van der Waals surface area contributed by atoms with E-state index in [1.807, 2.05) is 18.4 Å². The van der Waals surface area contributed by atoms with Gasteiger partial charge in [-0.15, -0.1) is 11.8 Å². The van der Waals surface area contributed by atoms with Gasteiger partial charge in [-0.25, -0.2) is 0 Å². The van der Waals surface area contributed by atoms with Crippen molar-refractivity contribution >= 4 is 29.3 Å². The van der Waals surface area contributed by atoms with Crippen molar-refractivity contribution in [3.8, 4) is 0 Å². The standard InChI is InChI=1S/C15H14N2O2S/c1-20-13-7-5-10(6-8-13)15(19)17-12-4-2-3-11(9-12)14(16)18/h2-9H,1H3,(H2,16,18)(H,17,19). The predicted molar refractivity (Wildman–Crippen MR) is 81.1 cm³/mol. The summed E-state index contributed by atoms with van der Waals surface area (Å²) >= 11 is 1.62. The van der Waals surface area contributed by atoms with Gasteiger partial charge in [0, 0.05) is 21.7 Å². The summed E-state index contributed by atoms with van der Waals surface area (Å²) in [6.45, 7) is 0. The maximum atomic E-state index is 12.1. The number of primary amides is 1. The summed E-state index contributed by atoms with van der Waals surface area (Å²) in [6, 6.07) is 13.8. The first-order valence-electron chi connectivity index (χ1n) is 5.95. The van der Waals surface area contributed by atoms with Gasteiger partial charge in [0.1, 0.15) is 0 Å². The van der Waals surface area contributed by atoms with Gasteiger partial charge < -0.3 is 11.1 Å². The van der Waals surface area contributed by atoms with Gasteiger partial charge in [0.2, 0.25) is 5.91 Å². The molecule has 4 nitrogen and oxygen atoms in total. The molecule has 3 N–H and O–H groups in total. The number of amides is 2. The summed E-state index contributed by atoms with van der Waals surface area (Å²) in [7, 11) is 0. The van der Waals surface area contributed by atoms with E-state index >= 15 is 0 Å². The summed E-state index contributed by atoms with van der Waals surface area (Å²) in [5.41, 5.74) is 6.67. The van der Waals surface area contributed by atoms with Crippen LogP contribution in [0.4, 0.5) is 5.69 Å². The molecule has 102 valence electrons. The number of anilines is 1. The average Bonchev–Trinajstić information content (AvgIpc) is 2.47. The van der Waals surface area contributed by atoms with Gasteiger partial charge in [-0.05, 0) is 48.7 Å². The van der Waals surface area contributed by atoms with Gasteiger partial charge in [-0.1, -0.05) is 6.07 Å². The molecular weight excluding hydrogens is 272 g/mol. The van der Waals surface area contributed by atoms with E-state index in [1.54, 1.807) is 48.2 Å². The molecule has 0 radical (unpaired) electrons. The van der Waals surface area contributed by atoms with Crippen molar-refractivity contribution in [2.45, 2.75) is 4.90 Å². The molecule has 0 saturated heterocycles. The highest BCUT2D eigenvalue weighted by Crippen LogP contribution is 2.16. The molecule has 2 aromatic carbocycles. The zero-order valence-electron chi connectivity index (χ0n) is 10.9. The first kappa shape index (κ1) is 14.1. The van der Waals surface area contributed by atoms with Crippen molar-refractivity contribution in [3.05, 3.63) is 59.7 Å². The Morgan fingerprint density at radius 3 is 2.35 bits per heavy atom. The van der Waals surface area contributed by atoms with Crippen LogP contribution in [0.25, 0.3) is 0 Å². The lowest BCUT2D eigenvalue weighted by atomic mass is 10.1. The highest BCUT2D eigenvalue weighted by molar-refractivity contribution is 7.98. The molecular formula is C15H14N2O2S. The van der Waals surface area contributed by atoms with E-state index < -0.39 is 5.91 Å². The summed E-state index contributed by atoms with van der Waals surface area (Å²) in [5, 5.41) is 2.74. The lowest BCUT2D eigenvalue weighted by molar-refractivity contribution is 0.0996. The van der Waals surface area contributed by atoms with Crippen molar-refractivity contribution in [2.24, 2.45) is 5.73 Å². The molecule has 0 saturated carbocycles. The van der Waals surface area contributed by atoms with Crippen molar-refractivity contribution < 1.29 is 9.59 Å². The fourth-order valence-corrected chi connectivity index (χ4v) is 2.10. The Balaban J connectivity index is 2.14. The van der Waals surface area contributed by atoms with Crippen LogP contribution in [0.15, 0.2) is 53.4 Å². The largest absolute Gasteiger partial charge is 0.366 e. The lowest BCUT2D eigenvalue weighted by Gasteiger charge is -2.06. The molecule has 0 bridgehead atoms. The van der Waals surface area contributed by atoms with Crippen molar-refractivity contribution in [2.75, 3.05) is 11.6 Å². The first-order chi connectivity index (χ1) is 9.60. The topological polar surface area (TPSA) is 72.2 Å². The molecule has 0 heterocycles. The van der Waals surface area contributed by atoms with Crippen LogP contribution in [0.2, 0.25) is 0 Å². The van der Waals surface area contributed by atoms with Crippen LogP contribution in [0.3, 0.4) is 0 Å². The summed E-state index contributed by atoms with van der Waals surface area (Å²) in [4.78, 5) is 24.2. The second-order valence-corrected chi connectivity index (χ2v) is 5.01. The van der Waals surface area contributed by atoms with E-state index in [9.17, 15) is 9.59 Å². The molecule has 2 aromatic rings. The summed E-state index contributed by atoms with van der Waals surface area (Å²) in [6.07, 6.45) is 1.98. The number of carbonyl (C=O) groups excluding carboxylic acids is 2. The SMILES string of the molecule is CSc1ccc(C(=O)Nc2cccc(C(N)=O)c2)cc1. The first-order valence-corrected chi connectivity index (χ1v) is 7.18. The number of thioether (sulfide) groups is 1. The fraction of sp³-hybridized carbons (Fsp3) is 0.0667. The third-order valence-corrected chi connectivity index (χ3v) is 3.50. The maximum absolute atomic E-state index is 12.1. The minimum absolute atomic E-state index is 0.223. The summed E-state index contributed by atoms with van der Waals surface area (Å²) < 4.78 is 0. The van der Waals surface area contributed by atoms with Crippen LogP contribution in [0.1, 0.15) is 20.7 Å². The Bertz CT molecular complexity index is 639. The zero-order chi connectivity index (χ0) is 14.5. The van der Waals surface area contributed by atoms with E-state index in [-0.39, 0.29) is 5.91 Å². The molecule has 2 rings (SSSR count).